The van der Waals surface area contributed by atoms with Crippen molar-refractivity contribution in [1.82, 2.24) is 0 Å². The number of ether oxygens (including phenoxy) is 3. The monoisotopic (exact) mass is 1220 g/mol. The first-order valence-corrected chi connectivity index (χ1v) is 31.3. The number of fused-ring (bicyclic) bond motifs is 3. The molecule has 474 valence electrons. The van der Waals surface area contributed by atoms with E-state index in [1.54, 1.807) is 61.5 Å². The summed E-state index contributed by atoms with van der Waals surface area (Å²) in [5.74, 6) is 0.493. The van der Waals surface area contributed by atoms with Gasteiger partial charge in [-0.25, -0.2) is 0 Å². The first kappa shape index (κ1) is 66.9. The van der Waals surface area contributed by atoms with E-state index in [2.05, 4.69) is 20.8 Å². The van der Waals surface area contributed by atoms with Crippen LogP contribution in [-0.2, 0) is 23.3 Å². The van der Waals surface area contributed by atoms with Crippen LogP contribution >= 0.6 is 0 Å². The van der Waals surface area contributed by atoms with Gasteiger partial charge in [-0.05, 0) is 213 Å². The lowest BCUT2D eigenvalue weighted by Crippen LogP contribution is -2.49. The second-order valence-corrected chi connectivity index (χ2v) is 25.7. The highest BCUT2D eigenvalue weighted by Gasteiger charge is 2.52. The molecule has 4 aliphatic carbocycles. The highest BCUT2D eigenvalue weighted by molar-refractivity contribution is 6.00. The molecule has 0 radical (unpaired) electrons. The number of benzene rings is 6. The molecule has 0 aromatic heterocycles. The van der Waals surface area contributed by atoms with E-state index in [9.17, 15) is 59.3 Å². The number of ketones is 1. The standard InChI is InChI=1S/C29H37F3O3.C21H25F3O2.C21H23F3O2/c1-5-18-6-11-22(12-7-18)35-25-13-10-19-8-9-20(15-23(19)26(25)29(30,31)32)17(2)14-21-16-24(27(33)34)28(21,3)4;2*1-3-14-4-9-17(10-5-14)26-19-11-8-15-6-7-16(13(2)25)12-18(15)20(19)21(22,23)24/h8-10,13,15,17-18,21-22,24H,5-7,11-12,14,16H2,1-4H3,(H,33,34);6-8,11-14,17,25H,3-5,9-10H2,1-2H3;6-8,11-12,14,17H,3-5,9-10H2,1-2H3/t17?,18?,21-,22?,24-;;/m1../s1. The van der Waals surface area contributed by atoms with Crippen LogP contribution in [0.3, 0.4) is 0 Å². The fraction of sp³-hybridized carbons (Fsp3) is 0.549. The third kappa shape index (κ3) is 16.1. The number of Topliss-reactive ketones (excluding diaryl/α,β-unsaturated/α-hetero) is 1. The zero-order valence-electron chi connectivity index (χ0n) is 51.3. The summed E-state index contributed by atoms with van der Waals surface area (Å²) in [5, 5.41) is 20.9. The van der Waals surface area contributed by atoms with Crippen LogP contribution in [0.15, 0.2) is 91.0 Å². The van der Waals surface area contributed by atoms with Crippen molar-refractivity contribution in [2.45, 2.75) is 213 Å². The number of halogens is 9. The minimum atomic E-state index is -4.55. The lowest BCUT2D eigenvalue weighted by atomic mass is 9.53. The molecule has 2 unspecified atom stereocenters. The maximum Gasteiger partial charge on any atom is 0.420 e. The molecule has 0 heterocycles. The van der Waals surface area contributed by atoms with Crippen molar-refractivity contribution < 1.29 is 73.5 Å². The molecule has 6 aromatic rings. The Kier molecular flexibility index (Phi) is 21.4. The Morgan fingerprint density at radius 3 is 1.17 bits per heavy atom. The minimum absolute atomic E-state index is 0.0185. The van der Waals surface area contributed by atoms with Crippen molar-refractivity contribution in [3.63, 3.8) is 0 Å². The van der Waals surface area contributed by atoms with Gasteiger partial charge in [0.1, 0.15) is 33.9 Å². The van der Waals surface area contributed by atoms with Crippen molar-refractivity contribution in [1.29, 1.82) is 0 Å². The Morgan fingerprint density at radius 1 is 0.517 bits per heavy atom. The molecule has 10 rings (SSSR count). The van der Waals surface area contributed by atoms with Crippen molar-refractivity contribution in [2.24, 2.45) is 35.0 Å². The van der Waals surface area contributed by atoms with E-state index in [0.29, 0.717) is 45.9 Å². The fourth-order valence-corrected chi connectivity index (χ4v) is 13.8. The maximum absolute atomic E-state index is 14.3. The zero-order chi connectivity index (χ0) is 63.3. The second kappa shape index (κ2) is 27.8. The molecule has 4 aliphatic rings. The predicted octanol–water partition coefficient (Wildman–Crippen LogP) is 21.1. The molecule has 6 aromatic carbocycles. The predicted molar refractivity (Wildman–Crippen MR) is 324 cm³/mol. The number of aliphatic hydroxyl groups is 1. The van der Waals surface area contributed by atoms with Crippen LogP contribution in [0.25, 0.3) is 32.3 Å². The SMILES string of the molecule is CCC1CCC(Oc2ccc3ccc(C(C)=O)cc3c2C(F)(F)F)CC1.CCC1CCC(Oc2ccc3ccc(C(C)C[C@@H]4C[C@H](C(=O)O)C4(C)C)cc3c2C(F)(F)F)CC1.CCC1CCC(Oc2ccc3ccc(C(C)O)cc3c2C(F)(F)F)CC1. The number of aliphatic carboxylic acids is 1. The van der Waals surface area contributed by atoms with Crippen LogP contribution in [0.2, 0.25) is 0 Å². The van der Waals surface area contributed by atoms with Gasteiger partial charge >= 0.3 is 24.5 Å². The average molecular weight is 1220 g/mol. The normalized spacial score (nSPS) is 23.9. The number of hydrogen-bond donors (Lipinski definition) is 2. The van der Waals surface area contributed by atoms with Gasteiger partial charge in [0.15, 0.2) is 5.78 Å². The molecule has 2 N–H and O–H groups in total. The number of rotatable bonds is 15. The molecule has 4 fully saturated rings. The van der Waals surface area contributed by atoms with Gasteiger partial charge in [0.2, 0.25) is 0 Å². The topological polar surface area (TPSA) is 102 Å². The third-order valence-corrected chi connectivity index (χ3v) is 19.7. The Morgan fingerprint density at radius 2 is 0.851 bits per heavy atom. The molecule has 87 heavy (non-hydrogen) atoms. The van der Waals surface area contributed by atoms with Crippen molar-refractivity contribution >= 4 is 44.1 Å². The van der Waals surface area contributed by atoms with Gasteiger partial charge in [-0.1, -0.05) is 121 Å². The lowest BCUT2D eigenvalue weighted by Gasteiger charge is -2.51. The molecule has 0 bridgehead atoms. The summed E-state index contributed by atoms with van der Waals surface area (Å²) in [4.78, 5) is 23.1. The Bertz CT molecular complexity index is 3320. The third-order valence-electron chi connectivity index (χ3n) is 19.7. The van der Waals surface area contributed by atoms with E-state index in [1.165, 1.54) is 37.3 Å². The molecule has 4 saturated carbocycles. The molecule has 16 heteroatoms. The quantitative estimate of drug-likeness (QED) is 0.0780. The highest BCUT2D eigenvalue weighted by Crippen LogP contribution is 2.55. The molecular formula is C71H85F9O7. The second-order valence-electron chi connectivity index (χ2n) is 25.7. The van der Waals surface area contributed by atoms with Gasteiger partial charge in [0.05, 0.1) is 30.3 Å². The molecule has 0 saturated heterocycles. The molecule has 7 nitrogen and oxygen atoms in total. The summed E-state index contributed by atoms with van der Waals surface area (Å²) >= 11 is 0. The Balaban J connectivity index is 0.000000172. The summed E-state index contributed by atoms with van der Waals surface area (Å²) in [6, 6.07) is 23.8. The summed E-state index contributed by atoms with van der Waals surface area (Å²) in [7, 11) is 0. The van der Waals surface area contributed by atoms with E-state index in [4.69, 9.17) is 14.2 Å². The van der Waals surface area contributed by atoms with E-state index in [0.717, 1.165) is 108 Å². The van der Waals surface area contributed by atoms with Crippen LogP contribution in [0.4, 0.5) is 39.5 Å². The Hall–Kier alpha value is -6.03. The average Bonchev–Trinajstić information content (AvgIpc) is 0.942. The molecule has 0 aliphatic heterocycles. The molecule has 4 atom stereocenters. The van der Waals surface area contributed by atoms with Crippen LogP contribution in [-0.4, -0.2) is 40.3 Å². The van der Waals surface area contributed by atoms with Crippen LogP contribution < -0.4 is 14.2 Å². The Labute approximate surface area is 505 Å². The van der Waals surface area contributed by atoms with Gasteiger partial charge < -0.3 is 24.4 Å². The van der Waals surface area contributed by atoms with Gasteiger partial charge in [-0.15, -0.1) is 0 Å². The maximum atomic E-state index is 14.3. The van der Waals surface area contributed by atoms with Gasteiger partial charge in [-0.2, -0.15) is 39.5 Å². The van der Waals surface area contributed by atoms with Crippen molar-refractivity contribution in [3.05, 3.63) is 124 Å². The van der Waals surface area contributed by atoms with Gasteiger partial charge in [0, 0.05) is 5.56 Å². The smallest absolute Gasteiger partial charge is 0.420 e. The summed E-state index contributed by atoms with van der Waals surface area (Å²) in [6.45, 7) is 15.3. The summed E-state index contributed by atoms with van der Waals surface area (Å²) < 4.78 is 144. The first-order chi connectivity index (χ1) is 41.0. The van der Waals surface area contributed by atoms with Crippen molar-refractivity contribution in [3.8, 4) is 17.2 Å². The fourth-order valence-electron chi connectivity index (χ4n) is 13.8. The largest absolute Gasteiger partial charge is 0.490 e. The molecule has 0 spiro atoms. The van der Waals surface area contributed by atoms with E-state index in [-0.39, 0.29) is 86.2 Å². The summed E-state index contributed by atoms with van der Waals surface area (Å²) in [5.41, 5.74) is -0.945. The molecule has 0 amide bonds. The van der Waals surface area contributed by atoms with Crippen LogP contribution in [0.1, 0.15) is 215 Å². The summed E-state index contributed by atoms with van der Waals surface area (Å²) in [6.07, 6.45) is 0.432. The van der Waals surface area contributed by atoms with Gasteiger partial charge in [-0.3, -0.25) is 9.59 Å². The number of carbonyl (C=O) groups is 2. The van der Waals surface area contributed by atoms with E-state index < -0.39 is 47.3 Å². The van der Waals surface area contributed by atoms with Crippen molar-refractivity contribution in [2.75, 3.05) is 0 Å². The number of carboxylic acids is 1. The number of alkyl halides is 9. The number of carbonyl (C=O) groups excluding carboxylic acids is 1. The molecular weight excluding hydrogens is 1140 g/mol. The minimum Gasteiger partial charge on any atom is -0.490 e. The zero-order valence-corrected chi connectivity index (χ0v) is 51.3. The van der Waals surface area contributed by atoms with Crippen LogP contribution in [0, 0.1) is 35.0 Å². The number of carboxylic acid groups (broad SMARTS) is 1. The van der Waals surface area contributed by atoms with Gasteiger partial charge in [0.25, 0.3) is 0 Å². The number of hydrogen-bond acceptors (Lipinski definition) is 6. The first-order valence-electron chi connectivity index (χ1n) is 31.3. The number of aliphatic hydroxyl groups excluding tert-OH is 1. The highest BCUT2D eigenvalue weighted by atomic mass is 19.4. The lowest BCUT2D eigenvalue weighted by molar-refractivity contribution is -0.159. The van der Waals surface area contributed by atoms with Crippen LogP contribution in [0.5, 0.6) is 17.2 Å². The van der Waals surface area contributed by atoms with E-state index in [1.807, 2.05) is 26.8 Å². The van der Waals surface area contributed by atoms with E-state index >= 15 is 0 Å².